The summed E-state index contributed by atoms with van der Waals surface area (Å²) in [5, 5.41) is 9.52. The first-order chi connectivity index (χ1) is 15.6. The minimum Gasteiger partial charge on any atom is -0.465 e. The molecule has 0 radical (unpaired) electrons. The number of carboxylic acid groups (broad SMARTS) is 1. The number of rotatable bonds is 4. The van der Waals surface area contributed by atoms with Crippen LogP contribution in [0.25, 0.3) is 16.6 Å². The van der Waals surface area contributed by atoms with Crippen LogP contribution >= 0.6 is 11.6 Å². The molecule has 1 N–H and O–H groups in total. The third-order valence-corrected chi connectivity index (χ3v) is 5.26. The highest BCUT2D eigenvalue weighted by Crippen LogP contribution is 2.38. The third kappa shape index (κ3) is 5.14. The molecule has 182 valence electrons. The predicted molar refractivity (Wildman–Crippen MR) is 115 cm³/mol. The highest BCUT2D eigenvalue weighted by molar-refractivity contribution is 6.35. The van der Waals surface area contributed by atoms with Crippen LogP contribution in [0.1, 0.15) is 39.1 Å². The molecule has 2 aromatic carbocycles. The first kappa shape index (κ1) is 25.4. The van der Waals surface area contributed by atoms with Crippen LogP contribution in [0.15, 0.2) is 41.2 Å². The number of hydrogen-bond acceptors (Lipinski definition) is 3. The molecular formula is C22H19ClF5N3O3. The summed E-state index contributed by atoms with van der Waals surface area (Å²) >= 11 is 6.12. The summed E-state index contributed by atoms with van der Waals surface area (Å²) in [7, 11) is 0. The van der Waals surface area contributed by atoms with Crippen molar-refractivity contribution in [2.24, 2.45) is 0 Å². The Morgan fingerprint density at radius 3 is 2.24 bits per heavy atom. The van der Waals surface area contributed by atoms with Crippen LogP contribution in [0.3, 0.4) is 0 Å². The van der Waals surface area contributed by atoms with E-state index < -0.39 is 59.0 Å². The molecule has 6 nitrogen and oxygen atoms in total. The van der Waals surface area contributed by atoms with Gasteiger partial charge in [-0.05, 0) is 45.0 Å². The van der Waals surface area contributed by atoms with Gasteiger partial charge in [-0.1, -0.05) is 17.7 Å². The molecule has 12 heteroatoms. The highest BCUT2D eigenvalue weighted by atomic mass is 35.5. The lowest BCUT2D eigenvalue weighted by molar-refractivity contribution is -0.150. The summed E-state index contributed by atoms with van der Waals surface area (Å²) in [4.78, 5) is 30.2. The fourth-order valence-corrected chi connectivity index (χ4v) is 4.00. The lowest BCUT2D eigenvalue weighted by atomic mass is 10.00. The van der Waals surface area contributed by atoms with Crippen LogP contribution in [-0.2, 0) is 0 Å². The van der Waals surface area contributed by atoms with Crippen molar-refractivity contribution in [3.05, 3.63) is 69.2 Å². The van der Waals surface area contributed by atoms with Crippen molar-refractivity contribution in [3.63, 3.8) is 0 Å². The fraction of sp³-hybridized carbons (Fsp3) is 0.318. The molecule has 0 aliphatic rings. The summed E-state index contributed by atoms with van der Waals surface area (Å²) in [6, 6.07) is 3.99. The molecule has 1 unspecified atom stereocenters. The van der Waals surface area contributed by atoms with Crippen LogP contribution < -0.4 is 5.56 Å². The van der Waals surface area contributed by atoms with Gasteiger partial charge < -0.3 is 5.11 Å². The quantitative estimate of drug-likeness (QED) is 0.437. The van der Waals surface area contributed by atoms with E-state index in [9.17, 15) is 36.6 Å². The molecule has 0 aliphatic heterocycles. The normalized spacial score (nSPS) is 13.2. The van der Waals surface area contributed by atoms with E-state index in [-0.39, 0.29) is 15.9 Å². The Bertz CT molecular complexity index is 1300. The molecule has 1 heterocycles. The van der Waals surface area contributed by atoms with Crippen molar-refractivity contribution in [2.75, 3.05) is 0 Å². The topological polar surface area (TPSA) is 75.4 Å². The Kier molecular flexibility index (Phi) is 6.62. The molecule has 0 spiro atoms. The van der Waals surface area contributed by atoms with Gasteiger partial charge >= 0.3 is 12.3 Å². The molecule has 1 atom stereocenters. The molecule has 3 aromatic rings. The van der Waals surface area contributed by atoms with Gasteiger partial charge in [0.05, 0.1) is 28.0 Å². The van der Waals surface area contributed by atoms with Crippen molar-refractivity contribution < 1.29 is 31.9 Å². The maximum atomic E-state index is 14.0. The second-order valence-corrected chi connectivity index (χ2v) is 8.94. The van der Waals surface area contributed by atoms with Gasteiger partial charge in [0.25, 0.3) is 5.56 Å². The zero-order chi connectivity index (χ0) is 25.6. The summed E-state index contributed by atoms with van der Waals surface area (Å²) in [6.07, 6.45) is -8.31. The minimum absolute atomic E-state index is 0.0922. The number of alkyl halides is 3. The van der Waals surface area contributed by atoms with E-state index in [1.807, 2.05) is 0 Å². The Balaban J connectivity index is 2.51. The first-order valence-electron chi connectivity index (χ1n) is 9.87. The van der Waals surface area contributed by atoms with E-state index >= 15 is 0 Å². The Hall–Kier alpha value is -3.21. The smallest absolute Gasteiger partial charge is 0.408 e. The third-order valence-electron chi connectivity index (χ3n) is 4.94. The Morgan fingerprint density at radius 2 is 1.74 bits per heavy atom. The molecule has 34 heavy (non-hydrogen) atoms. The zero-order valence-electron chi connectivity index (χ0n) is 18.1. The summed E-state index contributed by atoms with van der Waals surface area (Å²) in [6.45, 7) is 4.10. The predicted octanol–water partition coefficient (Wildman–Crippen LogP) is 6.09. The maximum Gasteiger partial charge on any atom is 0.408 e. The molecule has 1 amide bonds. The van der Waals surface area contributed by atoms with Gasteiger partial charge in [0.15, 0.2) is 0 Å². The van der Waals surface area contributed by atoms with Gasteiger partial charge in [-0.25, -0.2) is 18.6 Å². The zero-order valence-corrected chi connectivity index (χ0v) is 18.9. The average molecular weight is 504 g/mol. The highest BCUT2D eigenvalue weighted by Gasteiger charge is 2.44. The molecule has 0 saturated heterocycles. The number of nitrogens with zero attached hydrogens (tertiary/aromatic N) is 3. The van der Waals surface area contributed by atoms with E-state index in [1.165, 1.54) is 39.0 Å². The van der Waals surface area contributed by atoms with Gasteiger partial charge in [-0.15, -0.1) is 0 Å². The number of hydrogen-bond donors (Lipinski definition) is 1. The SMILES string of the molecule is CC(C)(C)N(C(=O)O)C(CC(F)(F)F)c1nc2cccc(Cl)c2c(=O)n1-c1cc(F)cc(F)c1. The molecule has 0 aliphatic carbocycles. The largest absolute Gasteiger partial charge is 0.465 e. The van der Waals surface area contributed by atoms with Crippen molar-refractivity contribution >= 4 is 28.6 Å². The second-order valence-electron chi connectivity index (χ2n) is 8.53. The van der Waals surface area contributed by atoms with Gasteiger partial charge in [0.1, 0.15) is 23.5 Å². The standard InChI is InChI=1S/C22H19ClF5N3O3/c1-21(2,3)31(20(33)34)16(10-22(26,27)28)18-29-15-6-4-5-14(23)17(15)19(32)30(18)13-8-11(24)7-12(25)9-13/h4-9,16H,10H2,1-3H3,(H,33,34). The summed E-state index contributed by atoms with van der Waals surface area (Å²) in [5.74, 6) is -2.88. The van der Waals surface area contributed by atoms with E-state index in [1.54, 1.807) is 0 Å². The van der Waals surface area contributed by atoms with Crippen LogP contribution in [0.4, 0.5) is 26.7 Å². The van der Waals surface area contributed by atoms with E-state index in [2.05, 4.69) is 4.98 Å². The molecule has 0 fully saturated rings. The number of aromatic nitrogens is 2. The lowest BCUT2D eigenvalue weighted by Gasteiger charge is -2.40. The minimum atomic E-state index is -4.89. The van der Waals surface area contributed by atoms with Crippen LogP contribution in [0.5, 0.6) is 0 Å². The molecule has 3 rings (SSSR count). The molecule has 0 bridgehead atoms. The van der Waals surface area contributed by atoms with Crippen molar-refractivity contribution in [1.82, 2.24) is 14.5 Å². The van der Waals surface area contributed by atoms with Gasteiger partial charge in [-0.3, -0.25) is 14.3 Å². The van der Waals surface area contributed by atoms with Crippen LogP contribution in [-0.4, -0.2) is 37.4 Å². The number of carbonyl (C=O) groups is 1. The Labute approximate surface area is 195 Å². The lowest BCUT2D eigenvalue weighted by Crippen LogP contribution is -2.49. The van der Waals surface area contributed by atoms with E-state index in [4.69, 9.17) is 11.6 Å². The van der Waals surface area contributed by atoms with Gasteiger partial charge in [0, 0.05) is 11.6 Å². The number of fused-ring (bicyclic) bond motifs is 1. The van der Waals surface area contributed by atoms with E-state index in [0.717, 1.165) is 12.1 Å². The number of amides is 1. The van der Waals surface area contributed by atoms with E-state index in [0.29, 0.717) is 15.5 Å². The van der Waals surface area contributed by atoms with Crippen LogP contribution in [0, 0.1) is 11.6 Å². The monoisotopic (exact) mass is 503 g/mol. The first-order valence-corrected chi connectivity index (χ1v) is 10.2. The molecule has 1 aromatic heterocycles. The van der Waals surface area contributed by atoms with Gasteiger partial charge in [0.2, 0.25) is 0 Å². The summed E-state index contributed by atoms with van der Waals surface area (Å²) in [5.41, 5.74) is -2.96. The molecular weight excluding hydrogens is 485 g/mol. The number of benzene rings is 2. The maximum absolute atomic E-state index is 14.0. The fourth-order valence-electron chi connectivity index (χ4n) is 3.75. The number of halogens is 6. The van der Waals surface area contributed by atoms with Crippen molar-refractivity contribution in [1.29, 1.82) is 0 Å². The summed E-state index contributed by atoms with van der Waals surface area (Å²) < 4.78 is 69.6. The average Bonchev–Trinajstić information content (AvgIpc) is 2.63. The Morgan fingerprint density at radius 1 is 1.15 bits per heavy atom. The second kappa shape index (κ2) is 8.86. The van der Waals surface area contributed by atoms with Crippen LogP contribution in [0.2, 0.25) is 5.02 Å². The van der Waals surface area contributed by atoms with Gasteiger partial charge in [-0.2, -0.15) is 13.2 Å². The van der Waals surface area contributed by atoms with Crippen molar-refractivity contribution in [2.45, 2.75) is 44.9 Å². The van der Waals surface area contributed by atoms with Crippen molar-refractivity contribution in [3.8, 4) is 5.69 Å². The molecule has 0 saturated carbocycles.